The third-order valence-corrected chi connectivity index (χ3v) is 4.69. The number of hydrogen-bond acceptors (Lipinski definition) is 8. The highest BCUT2D eigenvalue weighted by Gasteiger charge is 2.16. The highest BCUT2D eigenvalue weighted by atomic mass is 32.2. The summed E-state index contributed by atoms with van der Waals surface area (Å²) in [5.41, 5.74) is 0.469. The fourth-order valence-electron chi connectivity index (χ4n) is 2.42. The smallest absolute Gasteiger partial charge is 0.338 e. The minimum atomic E-state index is -3.84. The number of carbonyl (C=O) groups excluding carboxylic acids is 3. The highest BCUT2D eigenvalue weighted by Crippen LogP contribution is 2.20. The molecule has 11 heteroatoms. The van der Waals surface area contributed by atoms with Crippen molar-refractivity contribution in [3.63, 3.8) is 0 Å². The molecular weight excluding hydrogens is 428 g/mol. The molecule has 0 aliphatic carbocycles. The quantitative estimate of drug-likeness (QED) is 0.548. The van der Waals surface area contributed by atoms with Gasteiger partial charge >= 0.3 is 11.9 Å². The van der Waals surface area contributed by atoms with E-state index in [1.807, 2.05) is 0 Å². The highest BCUT2D eigenvalue weighted by molar-refractivity contribution is 7.89. The van der Waals surface area contributed by atoms with E-state index in [4.69, 9.17) is 19.3 Å². The van der Waals surface area contributed by atoms with Gasteiger partial charge in [0.2, 0.25) is 10.0 Å². The summed E-state index contributed by atoms with van der Waals surface area (Å²) in [6.07, 6.45) is 0. The number of anilines is 1. The zero-order chi connectivity index (χ0) is 23.0. The maximum atomic E-state index is 12.1. The van der Waals surface area contributed by atoms with E-state index < -0.39 is 34.5 Å². The molecule has 10 nitrogen and oxygen atoms in total. The molecule has 2 aromatic rings. The van der Waals surface area contributed by atoms with Crippen LogP contribution in [0.4, 0.5) is 5.69 Å². The third kappa shape index (κ3) is 7.08. The van der Waals surface area contributed by atoms with Crippen molar-refractivity contribution in [3.8, 4) is 5.75 Å². The molecule has 0 radical (unpaired) electrons. The van der Waals surface area contributed by atoms with Gasteiger partial charge in [0.25, 0.3) is 5.91 Å². The average molecular weight is 450 g/mol. The predicted octanol–water partition coefficient (Wildman–Crippen LogP) is 1.70. The Balaban J connectivity index is 2.11. The summed E-state index contributed by atoms with van der Waals surface area (Å²) in [5, 5.41) is 7.55. The molecule has 3 N–H and O–H groups in total. The van der Waals surface area contributed by atoms with Crippen LogP contribution in [0.5, 0.6) is 5.75 Å². The number of rotatable bonds is 9. The minimum absolute atomic E-state index is 0.0707. The van der Waals surface area contributed by atoms with Crippen LogP contribution < -0.4 is 15.2 Å². The first-order valence-electron chi connectivity index (χ1n) is 9.19. The molecule has 0 fully saturated rings. The van der Waals surface area contributed by atoms with E-state index in [2.05, 4.69) is 5.32 Å². The van der Waals surface area contributed by atoms with Crippen molar-refractivity contribution >= 4 is 33.6 Å². The maximum absolute atomic E-state index is 12.1. The molecule has 0 unspecified atom stereocenters. The normalized spacial score (nSPS) is 10.8. The van der Waals surface area contributed by atoms with Gasteiger partial charge < -0.3 is 19.5 Å². The number of benzene rings is 2. The number of sulfonamides is 1. The first-order chi connectivity index (χ1) is 14.6. The van der Waals surface area contributed by atoms with Gasteiger partial charge in [-0.05, 0) is 56.3 Å². The molecule has 2 aromatic carbocycles. The van der Waals surface area contributed by atoms with Crippen molar-refractivity contribution in [2.24, 2.45) is 5.14 Å². The number of carbonyl (C=O) groups is 3. The zero-order valence-electron chi connectivity index (χ0n) is 16.9. The van der Waals surface area contributed by atoms with Gasteiger partial charge in [0.05, 0.1) is 29.2 Å². The lowest BCUT2D eigenvalue weighted by Crippen LogP contribution is -2.20. The van der Waals surface area contributed by atoms with Crippen molar-refractivity contribution in [1.82, 2.24) is 0 Å². The van der Waals surface area contributed by atoms with Gasteiger partial charge in [-0.2, -0.15) is 0 Å². The molecule has 0 aliphatic rings. The molecule has 0 spiro atoms. The molecule has 0 aromatic heterocycles. The second-order valence-electron chi connectivity index (χ2n) is 6.09. The lowest BCUT2D eigenvalue weighted by molar-refractivity contribution is -0.118. The molecule has 0 aliphatic heterocycles. The third-order valence-electron chi connectivity index (χ3n) is 3.77. The topological polar surface area (TPSA) is 151 Å². The van der Waals surface area contributed by atoms with Gasteiger partial charge in [-0.3, -0.25) is 4.79 Å². The van der Waals surface area contributed by atoms with Gasteiger partial charge in [0.15, 0.2) is 6.61 Å². The Bertz CT molecular complexity index is 1030. The van der Waals surface area contributed by atoms with Crippen LogP contribution >= 0.6 is 0 Å². The Kier molecular flexibility index (Phi) is 8.11. The molecule has 0 saturated carbocycles. The molecule has 31 heavy (non-hydrogen) atoms. The Morgan fingerprint density at radius 1 is 0.903 bits per heavy atom. The first-order valence-corrected chi connectivity index (χ1v) is 10.7. The zero-order valence-corrected chi connectivity index (χ0v) is 17.7. The van der Waals surface area contributed by atoms with Gasteiger partial charge in [0.1, 0.15) is 5.75 Å². The predicted molar refractivity (Wildman–Crippen MR) is 110 cm³/mol. The van der Waals surface area contributed by atoms with E-state index >= 15 is 0 Å². The van der Waals surface area contributed by atoms with Crippen molar-refractivity contribution in [2.75, 3.05) is 25.1 Å². The lowest BCUT2D eigenvalue weighted by atomic mass is 10.1. The standard InChI is InChI=1S/C20H22N2O8S/c1-3-28-19(24)13-9-14(20(25)29-4-2)11-16(10-13)30-12-18(23)22-15-5-7-17(8-6-15)31(21,26)27/h5-11H,3-4,12H2,1-2H3,(H,22,23)(H2,21,26,27). The van der Waals surface area contributed by atoms with E-state index in [1.165, 1.54) is 42.5 Å². The van der Waals surface area contributed by atoms with E-state index in [1.54, 1.807) is 13.8 Å². The number of nitrogens with two attached hydrogens (primary N) is 1. The summed E-state index contributed by atoms with van der Waals surface area (Å²) in [6, 6.07) is 9.25. The molecule has 1 amide bonds. The summed E-state index contributed by atoms with van der Waals surface area (Å²) in [7, 11) is -3.84. The van der Waals surface area contributed by atoms with Crippen molar-refractivity contribution in [3.05, 3.63) is 53.6 Å². The Hall–Kier alpha value is -3.44. The second-order valence-corrected chi connectivity index (χ2v) is 7.65. The Labute approximate surface area is 179 Å². The van der Waals surface area contributed by atoms with Crippen molar-refractivity contribution < 1.29 is 37.0 Å². The average Bonchev–Trinajstić information content (AvgIpc) is 2.72. The summed E-state index contributed by atoms with van der Waals surface area (Å²) in [4.78, 5) is 36.1. The SMILES string of the molecule is CCOC(=O)c1cc(OCC(=O)Nc2ccc(S(N)(=O)=O)cc2)cc(C(=O)OCC)c1. The van der Waals surface area contributed by atoms with Crippen LogP contribution in [0.15, 0.2) is 47.4 Å². The molecular formula is C20H22N2O8S. The van der Waals surface area contributed by atoms with E-state index in [-0.39, 0.29) is 35.0 Å². The summed E-state index contributed by atoms with van der Waals surface area (Å²) in [6.45, 7) is 3.14. The van der Waals surface area contributed by atoms with E-state index in [0.717, 1.165) is 0 Å². The first kappa shape index (κ1) is 23.8. The van der Waals surface area contributed by atoms with Crippen molar-refractivity contribution in [2.45, 2.75) is 18.7 Å². The maximum Gasteiger partial charge on any atom is 0.338 e. The van der Waals surface area contributed by atoms with Gasteiger partial charge in [0, 0.05) is 5.69 Å². The Morgan fingerprint density at radius 2 is 1.42 bits per heavy atom. The van der Waals surface area contributed by atoms with Crippen LogP contribution in [0.1, 0.15) is 34.6 Å². The van der Waals surface area contributed by atoms with Crippen LogP contribution in [0.2, 0.25) is 0 Å². The van der Waals surface area contributed by atoms with Gasteiger partial charge in [-0.15, -0.1) is 0 Å². The minimum Gasteiger partial charge on any atom is -0.484 e. The summed E-state index contributed by atoms with van der Waals surface area (Å²) in [5.74, 6) is -1.77. The second kappa shape index (κ2) is 10.5. The van der Waals surface area contributed by atoms with Crippen LogP contribution in [-0.2, 0) is 24.3 Å². The molecule has 2 rings (SSSR count). The number of ether oxygens (including phenoxy) is 3. The number of esters is 2. The number of hydrogen-bond donors (Lipinski definition) is 2. The molecule has 0 heterocycles. The lowest BCUT2D eigenvalue weighted by Gasteiger charge is -2.11. The van der Waals surface area contributed by atoms with Gasteiger partial charge in [-0.25, -0.2) is 23.1 Å². The van der Waals surface area contributed by atoms with Crippen LogP contribution in [-0.4, -0.2) is 46.1 Å². The van der Waals surface area contributed by atoms with Crippen LogP contribution in [0.25, 0.3) is 0 Å². The fraction of sp³-hybridized carbons (Fsp3) is 0.250. The van der Waals surface area contributed by atoms with E-state index in [9.17, 15) is 22.8 Å². The largest absolute Gasteiger partial charge is 0.484 e. The monoisotopic (exact) mass is 450 g/mol. The molecule has 0 atom stereocenters. The molecule has 0 saturated heterocycles. The molecule has 166 valence electrons. The van der Waals surface area contributed by atoms with Crippen LogP contribution in [0.3, 0.4) is 0 Å². The number of nitrogens with one attached hydrogen (secondary N) is 1. The number of amides is 1. The van der Waals surface area contributed by atoms with E-state index in [0.29, 0.717) is 5.69 Å². The summed E-state index contributed by atoms with van der Waals surface area (Å²) < 4.78 is 37.8. The number of primary sulfonamides is 1. The van der Waals surface area contributed by atoms with Gasteiger partial charge in [-0.1, -0.05) is 0 Å². The molecule has 0 bridgehead atoms. The Morgan fingerprint density at radius 3 is 1.87 bits per heavy atom. The summed E-state index contributed by atoms with van der Waals surface area (Å²) >= 11 is 0. The van der Waals surface area contributed by atoms with Crippen molar-refractivity contribution in [1.29, 1.82) is 0 Å². The fourth-order valence-corrected chi connectivity index (χ4v) is 2.94. The van der Waals surface area contributed by atoms with Crippen LogP contribution in [0, 0.1) is 0 Å².